The summed E-state index contributed by atoms with van der Waals surface area (Å²) in [5.41, 5.74) is 6.62. The van der Waals surface area contributed by atoms with Crippen LogP contribution in [0.1, 0.15) is 18.9 Å². The molecule has 102 valence electrons. The summed E-state index contributed by atoms with van der Waals surface area (Å²) in [5.74, 6) is 1.53. The molecule has 1 atom stereocenters. The Morgan fingerprint density at radius 3 is 2.89 bits per heavy atom. The first-order valence-electron chi connectivity index (χ1n) is 6.06. The monoisotopic (exact) mass is 263 g/mol. The highest BCUT2D eigenvalue weighted by molar-refractivity contribution is 5.63. The van der Waals surface area contributed by atoms with Crippen molar-refractivity contribution in [3.05, 3.63) is 30.2 Å². The number of rotatable bonds is 6. The summed E-state index contributed by atoms with van der Waals surface area (Å²) in [7, 11) is 1.57. The van der Waals surface area contributed by atoms with Gasteiger partial charge in [-0.1, -0.05) is 17.3 Å². The Morgan fingerprint density at radius 2 is 2.16 bits per heavy atom. The highest BCUT2D eigenvalue weighted by Gasteiger charge is 2.17. The van der Waals surface area contributed by atoms with E-state index in [1.54, 1.807) is 7.11 Å². The van der Waals surface area contributed by atoms with E-state index in [4.69, 9.17) is 19.7 Å². The van der Waals surface area contributed by atoms with Crippen molar-refractivity contribution in [2.75, 3.05) is 20.3 Å². The van der Waals surface area contributed by atoms with E-state index in [1.807, 2.05) is 31.2 Å². The predicted octanol–water partition coefficient (Wildman–Crippen LogP) is 1.78. The molecule has 19 heavy (non-hydrogen) atoms. The van der Waals surface area contributed by atoms with Gasteiger partial charge in [0.1, 0.15) is 11.8 Å². The van der Waals surface area contributed by atoms with Crippen LogP contribution < -0.4 is 10.5 Å². The number of aromatic nitrogens is 2. The number of hydrogen-bond donors (Lipinski definition) is 1. The van der Waals surface area contributed by atoms with Gasteiger partial charge in [0.05, 0.1) is 18.8 Å². The molecule has 2 N–H and O–H groups in total. The summed E-state index contributed by atoms with van der Waals surface area (Å²) in [5, 5.41) is 3.93. The highest BCUT2D eigenvalue weighted by atomic mass is 16.5. The van der Waals surface area contributed by atoms with Gasteiger partial charge in [-0.25, -0.2) is 0 Å². The van der Waals surface area contributed by atoms with Gasteiger partial charge in [-0.05, 0) is 19.1 Å². The Hall–Kier alpha value is -1.92. The van der Waals surface area contributed by atoms with Crippen LogP contribution in [0, 0.1) is 0 Å². The van der Waals surface area contributed by atoms with Crippen LogP contribution in [0.15, 0.2) is 28.8 Å². The summed E-state index contributed by atoms with van der Waals surface area (Å²) in [6, 6.07) is 7.10. The first-order chi connectivity index (χ1) is 9.26. The van der Waals surface area contributed by atoms with Crippen molar-refractivity contribution in [3.8, 4) is 17.1 Å². The Kier molecular flexibility index (Phi) is 4.48. The third kappa shape index (κ3) is 3.10. The third-order valence-corrected chi connectivity index (χ3v) is 2.53. The number of nitrogens with two attached hydrogens (primary N) is 1. The van der Waals surface area contributed by atoms with Gasteiger partial charge in [-0.3, -0.25) is 0 Å². The van der Waals surface area contributed by atoms with Gasteiger partial charge in [-0.2, -0.15) is 4.98 Å². The normalized spacial score (nSPS) is 12.4. The van der Waals surface area contributed by atoms with Crippen LogP contribution in [0.25, 0.3) is 11.4 Å². The molecule has 0 amide bonds. The van der Waals surface area contributed by atoms with E-state index in [-0.39, 0.29) is 0 Å². The van der Waals surface area contributed by atoms with E-state index in [0.29, 0.717) is 24.9 Å². The Bertz CT molecular complexity index is 527. The smallest absolute Gasteiger partial charge is 0.246 e. The average Bonchev–Trinajstić information content (AvgIpc) is 2.90. The fraction of sp³-hybridized carbons (Fsp3) is 0.385. The first kappa shape index (κ1) is 13.5. The van der Waals surface area contributed by atoms with Gasteiger partial charge in [0.25, 0.3) is 0 Å². The van der Waals surface area contributed by atoms with Crippen molar-refractivity contribution in [1.29, 1.82) is 0 Å². The van der Waals surface area contributed by atoms with Gasteiger partial charge < -0.3 is 19.7 Å². The second-order valence-corrected chi connectivity index (χ2v) is 3.95. The van der Waals surface area contributed by atoms with Crippen molar-refractivity contribution in [2.24, 2.45) is 5.73 Å². The van der Waals surface area contributed by atoms with Gasteiger partial charge in [0.2, 0.25) is 11.7 Å². The molecule has 6 heteroatoms. The van der Waals surface area contributed by atoms with E-state index in [9.17, 15) is 0 Å². The molecule has 0 saturated heterocycles. The van der Waals surface area contributed by atoms with Crippen molar-refractivity contribution in [3.63, 3.8) is 0 Å². The maximum Gasteiger partial charge on any atom is 0.246 e. The summed E-state index contributed by atoms with van der Waals surface area (Å²) in [4.78, 5) is 4.28. The van der Waals surface area contributed by atoms with Crippen LogP contribution in [0.2, 0.25) is 0 Å². The van der Waals surface area contributed by atoms with Crippen LogP contribution in [-0.4, -0.2) is 30.5 Å². The molecule has 0 saturated carbocycles. The minimum atomic E-state index is -0.425. The molecule has 0 aliphatic carbocycles. The van der Waals surface area contributed by atoms with Crippen LogP contribution in [-0.2, 0) is 4.74 Å². The molecule has 1 aromatic carbocycles. The van der Waals surface area contributed by atoms with E-state index < -0.39 is 6.04 Å². The largest absolute Gasteiger partial charge is 0.493 e. The zero-order chi connectivity index (χ0) is 13.7. The van der Waals surface area contributed by atoms with Crippen LogP contribution in [0.3, 0.4) is 0 Å². The van der Waals surface area contributed by atoms with E-state index in [1.165, 1.54) is 0 Å². The lowest BCUT2D eigenvalue weighted by Crippen LogP contribution is -2.16. The molecule has 6 nitrogen and oxygen atoms in total. The first-order valence-corrected chi connectivity index (χ1v) is 6.06. The third-order valence-electron chi connectivity index (χ3n) is 2.53. The molecular weight excluding hydrogens is 246 g/mol. The lowest BCUT2D eigenvalue weighted by atomic mass is 10.2. The number of nitrogens with zero attached hydrogens (tertiary/aromatic N) is 2. The molecule has 1 aromatic heterocycles. The summed E-state index contributed by atoms with van der Waals surface area (Å²) < 4.78 is 15.6. The summed E-state index contributed by atoms with van der Waals surface area (Å²) in [6.45, 7) is 2.83. The Morgan fingerprint density at radius 1 is 1.37 bits per heavy atom. The Balaban J connectivity index is 2.27. The topological polar surface area (TPSA) is 83.4 Å². The fourth-order valence-electron chi connectivity index (χ4n) is 1.68. The SMILES string of the molecule is CCOc1ccccc1-c1noc(C(N)COC)n1. The second-order valence-electron chi connectivity index (χ2n) is 3.95. The minimum absolute atomic E-state index is 0.328. The molecule has 1 unspecified atom stereocenters. The molecule has 2 rings (SSSR count). The van der Waals surface area contributed by atoms with Crippen molar-refractivity contribution >= 4 is 0 Å². The van der Waals surface area contributed by atoms with E-state index in [2.05, 4.69) is 10.1 Å². The van der Waals surface area contributed by atoms with Gasteiger partial charge in [-0.15, -0.1) is 0 Å². The van der Waals surface area contributed by atoms with E-state index >= 15 is 0 Å². The number of benzene rings is 1. The maximum absolute atomic E-state index is 5.84. The van der Waals surface area contributed by atoms with Crippen LogP contribution in [0.5, 0.6) is 5.75 Å². The zero-order valence-corrected chi connectivity index (χ0v) is 11.0. The van der Waals surface area contributed by atoms with Gasteiger partial charge in [0.15, 0.2) is 0 Å². The molecule has 0 bridgehead atoms. The average molecular weight is 263 g/mol. The number of ether oxygens (including phenoxy) is 2. The summed E-state index contributed by atoms with van der Waals surface area (Å²) in [6.07, 6.45) is 0. The summed E-state index contributed by atoms with van der Waals surface area (Å²) >= 11 is 0. The maximum atomic E-state index is 5.84. The molecule has 2 aromatic rings. The molecule has 0 aliphatic heterocycles. The predicted molar refractivity (Wildman–Crippen MR) is 69.7 cm³/mol. The minimum Gasteiger partial charge on any atom is -0.493 e. The number of hydrogen-bond acceptors (Lipinski definition) is 6. The van der Waals surface area contributed by atoms with E-state index in [0.717, 1.165) is 11.3 Å². The van der Waals surface area contributed by atoms with Crippen LogP contribution >= 0.6 is 0 Å². The lowest BCUT2D eigenvalue weighted by molar-refractivity contribution is 0.166. The number of para-hydroxylation sites is 1. The molecule has 1 heterocycles. The molecule has 0 aliphatic rings. The fourth-order valence-corrected chi connectivity index (χ4v) is 1.68. The molecule has 0 radical (unpaired) electrons. The number of methoxy groups -OCH3 is 1. The van der Waals surface area contributed by atoms with Crippen LogP contribution in [0.4, 0.5) is 0 Å². The van der Waals surface area contributed by atoms with Gasteiger partial charge in [0, 0.05) is 7.11 Å². The Labute approximate surface area is 111 Å². The standard InChI is InChI=1S/C13H17N3O3/c1-3-18-11-7-5-4-6-9(11)12-15-13(19-16-12)10(14)8-17-2/h4-7,10H,3,8,14H2,1-2H3. The highest BCUT2D eigenvalue weighted by Crippen LogP contribution is 2.28. The quantitative estimate of drug-likeness (QED) is 0.855. The molecular formula is C13H17N3O3. The van der Waals surface area contributed by atoms with Crippen molar-refractivity contribution in [1.82, 2.24) is 10.1 Å². The van der Waals surface area contributed by atoms with Gasteiger partial charge >= 0.3 is 0 Å². The lowest BCUT2D eigenvalue weighted by Gasteiger charge is -2.06. The molecule has 0 spiro atoms. The molecule has 0 fully saturated rings. The second kappa shape index (κ2) is 6.31. The van der Waals surface area contributed by atoms with Crippen molar-refractivity contribution in [2.45, 2.75) is 13.0 Å². The van der Waals surface area contributed by atoms with Crippen molar-refractivity contribution < 1.29 is 14.0 Å². The zero-order valence-electron chi connectivity index (χ0n) is 11.0.